The molecule has 0 N–H and O–H groups in total. The molecule has 0 spiro atoms. The molecule has 0 fully saturated rings. The predicted molar refractivity (Wildman–Crippen MR) is 79.2 cm³/mol. The average Bonchev–Trinajstić information content (AvgIpc) is 2.68. The van der Waals surface area contributed by atoms with Crippen molar-refractivity contribution >= 4 is 35.1 Å². The molecule has 0 radical (unpaired) electrons. The van der Waals surface area contributed by atoms with Gasteiger partial charge in [0.25, 0.3) is 5.91 Å². The Kier molecular flexibility index (Phi) is 4.32. The van der Waals surface area contributed by atoms with Crippen LogP contribution in [0.5, 0.6) is 0 Å². The molecule has 1 aliphatic heterocycles. The van der Waals surface area contributed by atoms with Gasteiger partial charge in [-0.2, -0.15) is 10.1 Å². The number of benzene rings is 1. The fraction of sp³-hybridized carbons (Fsp3) is 0.357. The fourth-order valence-corrected chi connectivity index (χ4v) is 1.95. The zero-order valence-electron chi connectivity index (χ0n) is 11.0. The first kappa shape index (κ1) is 13.7. The summed E-state index contributed by atoms with van der Waals surface area (Å²) >= 11 is 5.84. The average molecular weight is 278 g/mol. The van der Waals surface area contributed by atoms with E-state index < -0.39 is 0 Å². The molecule has 1 amide bonds. The first-order valence-electron chi connectivity index (χ1n) is 6.28. The van der Waals surface area contributed by atoms with Crippen LogP contribution < -0.4 is 5.01 Å². The van der Waals surface area contributed by atoms with Crippen LogP contribution in [0.3, 0.4) is 0 Å². The van der Waals surface area contributed by atoms with Gasteiger partial charge in [0.2, 0.25) is 0 Å². The van der Waals surface area contributed by atoms with Crippen LogP contribution in [-0.2, 0) is 4.79 Å². The second-order valence-corrected chi connectivity index (χ2v) is 4.84. The molecule has 1 atom stereocenters. The van der Waals surface area contributed by atoms with Gasteiger partial charge in [-0.1, -0.05) is 18.5 Å². The highest BCUT2D eigenvalue weighted by Gasteiger charge is 2.32. The maximum atomic E-state index is 12.3. The summed E-state index contributed by atoms with van der Waals surface area (Å²) in [5.41, 5.74) is 1.49. The van der Waals surface area contributed by atoms with Gasteiger partial charge in [0.15, 0.2) is 0 Å². The number of aliphatic imine (C=N–C) groups is 1. The summed E-state index contributed by atoms with van der Waals surface area (Å²) in [4.78, 5) is 16.5. The van der Waals surface area contributed by atoms with E-state index in [1.807, 2.05) is 6.92 Å². The molecule has 0 bridgehead atoms. The van der Waals surface area contributed by atoms with Crippen LogP contribution in [0.15, 0.2) is 34.4 Å². The van der Waals surface area contributed by atoms with Gasteiger partial charge in [-0.3, -0.25) is 9.79 Å². The van der Waals surface area contributed by atoms with E-state index in [9.17, 15) is 4.79 Å². The van der Waals surface area contributed by atoms with Crippen LogP contribution in [0, 0.1) is 5.92 Å². The quantitative estimate of drug-likeness (QED) is 0.780. The van der Waals surface area contributed by atoms with E-state index in [0.29, 0.717) is 5.02 Å². The van der Waals surface area contributed by atoms with Crippen LogP contribution in [-0.4, -0.2) is 24.4 Å². The van der Waals surface area contributed by atoms with Crippen molar-refractivity contribution in [3.8, 4) is 0 Å². The van der Waals surface area contributed by atoms with Crippen molar-refractivity contribution in [1.82, 2.24) is 0 Å². The smallest absolute Gasteiger partial charge is 0.261 e. The SMILES string of the molecule is CCCN=CC1C(=O)N(c2ccc(Cl)cc2)N=C1C. The molecule has 19 heavy (non-hydrogen) atoms. The number of rotatable bonds is 4. The minimum atomic E-state index is -0.345. The Morgan fingerprint density at radius 2 is 2.11 bits per heavy atom. The third-order valence-electron chi connectivity index (χ3n) is 2.86. The number of hydrazone groups is 1. The summed E-state index contributed by atoms with van der Waals surface area (Å²) in [6, 6.07) is 7.05. The van der Waals surface area contributed by atoms with Crippen molar-refractivity contribution in [2.75, 3.05) is 11.6 Å². The maximum Gasteiger partial charge on any atom is 0.261 e. The highest BCUT2D eigenvalue weighted by molar-refractivity contribution is 6.30. The van der Waals surface area contributed by atoms with Crippen molar-refractivity contribution in [3.05, 3.63) is 29.3 Å². The molecule has 1 aliphatic rings. The van der Waals surface area contributed by atoms with E-state index in [4.69, 9.17) is 11.6 Å². The largest absolute Gasteiger partial charge is 0.296 e. The van der Waals surface area contributed by atoms with Crippen molar-refractivity contribution in [3.63, 3.8) is 0 Å². The summed E-state index contributed by atoms with van der Waals surface area (Å²) in [6.45, 7) is 4.63. The number of hydrogen-bond donors (Lipinski definition) is 0. The lowest BCUT2D eigenvalue weighted by atomic mass is 10.1. The van der Waals surface area contributed by atoms with Crippen LogP contribution >= 0.6 is 11.6 Å². The van der Waals surface area contributed by atoms with Gasteiger partial charge in [-0.15, -0.1) is 0 Å². The van der Waals surface area contributed by atoms with Crippen LogP contribution in [0.4, 0.5) is 5.69 Å². The van der Waals surface area contributed by atoms with E-state index in [-0.39, 0.29) is 11.8 Å². The highest BCUT2D eigenvalue weighted by atomic mass is 35.5. The monoisotopic (exact) mass is 277 g/mol. The zero-order chi connectivity index (χ0) is 13.8. The van der Waals surface area contributed by atoms with E-state index in [1.54, 1.807) is 30.5 Å². The second-order valence-electron chi connectivity index (χ2n) is 4.40. The molecule has 4 nitrogen and oxygen atoms in total. The topological polar surface area (TPSA) is 45.0 Å². The molecule has 5 heteroatoms. The zero-order valence-corrected chi connectivity index (χ0v) is 11.8. The van der Waals surface area contributed by atoms with Crippen LogP contribution in [0.25, 0.3) is 0 Å². The molecule has 100 valence electrons. The number of carbonyl (C=O) groups excluding carboxylic acids is 1. The lowest BCUT2D eigenvalue weighted by Crippen LogP contribution is -2.28. The molecule has 0 aliphatic carbocycles. The minimum Gasteiger partial charge on any atom is -0.296 e. The standard InChI is InChI=1S/C14H16ClN3O/c1-3-8-16-9-13-10(2)17-18(14(13)19)12-6-4-11(15)5-7-12/h4-7,9,13H,3,8H2,1-2H3. The summed E-state index contributed by atoms with van der Waals surface area (Å²) in [7, 11) is 0. The van der Waals surface area contributed by atoms with E-state index >= 15 is 0 Å². The van der Waals surface area contributed by atoms with Crippen LogP contribution in [0.2, 0.25) is 5.02 Å². The highest BCUT2D eigenvalue weighted by Crippen LogP contribution is 2.24. The first-order chi connectivity index (χ1) is 9.13. The Labute approximate surface area is 117 Å². The Morgan fingerprint density at radius 1 is 1.42 bits per heavy atom. The normalized spacial score (nSPS) is 19.3. The number of halogens is 1. The lowest BCUT2D eigenvalue weighted by molar-refractivity contribution is -0.118. The van der Waals surface area contributed by atoms with E-state index in [2.05, 4.69) is 17.0 Å². The first-order valence-corrected chi connectivity index (χ1v) is 6.66. The second kappa shape index (κ2) is 5.97. The third kappa shape index (κ3) is 3.01. The van der Waals surface area contributed by atoms with Crippen molar-refractivity contribution in [2.45, 2.75) is 20.3 Å². The summed E-state index contributed by atoms with van der Waals surface area (Å²) in [5.74, 6) is -0.415. The van der Waals surface area contributed by atoms with Crippen molar-refractivity contribution in [2.24, 2.45) is 16.0 Å². The van der Waals surface area contributed by atoms with Gasteiger partial charge in [-0.25, -0.2) is 0 Å². The lowest BCUT2D eigenvalue weighted by Gasteiger charge is -2.12. The maximum absolute atomic E-state index is 12.3. The molecule has 1 aromatic carbocycles. The Morgan fingerprint density at radius 3 is 2.74 bits per heavy atom. The fourth-order valence-electron chi connectivity index (χ4n) is 1.83. The molecule has 0 aromatic heterocycles. The minimum absolute atomic E-state index is 0.0697. The van der Waals surface area contributed by atoms with Crippen LogP contribution in [0.1, 0.15) is 20.3 Å². The predicted octanol–water partition coefficient (Wildman–Crippen LogP) is 3.16. The molecule has 1 aromatic rings. The summed E-state index contributed by atoms with van der Waals surface area (Å²) in [6.07, 6.45) is 2.66. The van der Waals surface area contributed by atoms with E-state index in [1.165, 1.54) is 5.01 Å². The molecule has 1 unspecified atom stereocenters. The number of amides is 1. The number of carbonyl (C=O) groups is 1. The Bertz CT molecular complexity index is 522. The van der Waals surface area contributed by atoms with Gasteiger partial charge in [0.1, 0.15) is 5.92 Å². The summed E-state index contributed by atoms with van der Waals surface area (Å²) in [5, 5.41) is 6.34. The molecule has 0 saturated heterocycles. The van der Waals surface area contributed by atoms with Gasteiger partial charge in [0, 0.05) is 17.8 Å². The Hall–Kier alpha value is -1.68. The molecule has 0 saturated carbocycles. The molecular formula is C14H16ClN3O. The van der Waals surface area contributed by atoms with Gasteiger partial charge in [-0.05, 0) is 37.6 Å². The molecular weight excluding hydrogens is 262 g/mol. The van der Waals surface area contributed by atoms with Gasteiger partial charge >= 0.3 is 0 Å². The van der Waals surface area contributed by atoms with E-state index in [0.717, 1.165) is 24.4 Å². The molecule has 1 heterocycles. The van der Waals surface area contributed by atoms with Crippen molar-refractivity contribution < 1.29 is 4.79 Å². The Balaban J connectivity index is 2.18. The molecule has 2 rings (SSSR count). The van der Waals surface area contributed by atoms with Gasteiger partial charge < -0.3 is 0 Å². The summed E-state index contributed by atoms with van der Waals surface area (Å²) < 4.78 is 0. The number of hydrogen-bond acceptors (Lipinski definition) is 3. The third-order valence-corrected chi connectivity index (χ3v) is 3.11. The van der Waals surface area contributed by atoms with Gasteiger partial charge in [0.05, 0.1) is 11.4 Å². The number of anilines is 1. The number of nitrogens with zero attached hydrogens (tertiary/aromatic N) is 3. The van der Waals surface area contributed by atoms with Crippen molar-refractivity contribution in [1.29, 1.82) is 0 Å².